The minimum absolute atomic E-state index is 0.0664. The van der Waals surface area contributed by atoms with Crippen LogP contribution in [0, 0.1) is 0 Å². The molecule has 2 aromatic carbocycles. The molecule has 0 saturated carbocycles. The molecule has 0 unspecified atom stereocenters. The van der Waals surface area contributed by atoms with Gasteiger partial charge in [0.15, 0.2) is 5.82 Å². The molecule has 0 N–H and O–H groups in total. The summed E-state index contributed by atoms with van der Waals surface area (Å²) in [7, 11) is 1.73. The number of aryl methyl sites for hydroxylation is 1. The van der Waals surface area contributed by atoms with Crippen molar-refractivity contribution in [3.05, 3.63) is 75.3 Å². The molecule has 0 atom stereocenters. The predicted molar refractivity (Wildman–Crippen MR) is 107 cm³/mol. The molecular formula is C20H20ClN5O. The maximum Gasteiger partial charge on any atom is 0.262 e. The number of hydrogen-bond acceptors (Lipinski definition) is 4. The van der Waals surface area contributed by atoms with Gasteiger partial charge in [0, 0.05) is 18.6 Å². The van der Waals surface area contributed by atoms with Crippen molar-refractivity contribution in [2.45, 2.75) is 20.0 Å². The Bertz CT molecular complexity index is 1180. The molecule has 0 aliphatic carbocycles. The number of nitrogens with zero attached hydrogens (tertiary/aromatic N) is 5. The van der Waals surface area contributed by atoms with Crippen molar-refractivity contribution in [2.24, 2.45) is 7.05 Å². The summed E-state index contributed by atoms with van der Waals surface area (Å²) in [4.78, 5) is 14.8. The second kappa shape index (κ2) is 7.13. The quantitative estimate of drug-likeness (QED) is 0.532. The third-order valence-electron chi connectivity index (χ3n) is 4.80. The molecule has 0 spiro atoms. The first-order chi connectivity index (χ1) is 13.1. The van der Waals surface area contributed by atoms with Crippen molar-refractivity contribution >= 4 is 28.3 Å². The first-order valence-electron chi connectivity index (χ1n) is 8.87. The summed E-state index contributed by atoms with van der Waals surface area (Å²) in [6, 6.07) is 15.4. The van der Waals surface area contributed by atoms with E-state index in [1.54, 1.807) is 11.6 Å². The molecule has 4 aromatic rings. The molecular weight excluding hydrogens is 362 g/mol. The number of aromatic nitrogens is 4. The van der Waals surface area contributed by atoms with Crippen molar-refractivity contribution in [3.63, 3.8) is 0 Å². The van der Waals surface area contributed by atoms with Gasteiger partial charge in [0.2, 0.25) is 5.78 Å². The Morgan fingerprint density at radius 1 is 1.07 bits per heavy atom. The average Bonchev–Trinajstić information content (AvgIpc) is 3.09. The van der Waals surface area contributed by atoms with Gasteiger partial charge in [-0.1, -0.05) is 42.8 Å². The van der Waals surface area contributed by atoms with E-state index in [0.29, 0.717) is 17.7 Å². The molecule has 0 radical (unpaired) electrons. The van der Waals surface area contributed by atoms with E-state index in [-0.39, 0.29) is 5.56 Å². The Morgan fingerprint density at radius 3 is 2.67 bits per heavy atom. The van der Waals surface area contributed by atoms with Gasteiger partial charge in [-0.2, -0.15) is 0 Å². The summed E-state index contributed by atoms with van der Waals surface area (Å²) in [5, 5.41) is 10.0. The van der Waals surface area contributed by atoms with Crippen molar-refractivity contribution in [1.82, 2.24) is 24.1 Å². The SMILES string of the molecule is CCN(Cc1cccc(Cl)c1)Cc1nnc2n(C)c(=O)c3ccccc3n12. The van der Waals surface area contributed by atoms with Gasteiger partial charge in [-0.05, 0) is 36.4 Å². The highest BCUT2D eigenvalue weighted by atomic mass is 35.5. The van der Waals surface area contributed by atoms with Gasteiger partial charge in [-0.15, -0.1) is 10.2 Å². The molecule has 138 valence electrons. The van der Waals surface area contributed by atoms with Crippen LogP contribution in [-0.4, -0.2) is 30.6 Å². The summed E-state index contributed by atoms with van der Waals surface area (Å²) in [5.41, 5.74) is 1.91. The fourth-order valence-electron chi connectivity index (χ4n) is 3.37. The highest BCUT2D eigenvalue weighted by Crippen LogP contribution is 2.17. The van der Waals surface area contributed by atoms with Crippen LogP contribution in [0.25, 0.3) is 16.7 Å². The van der Waals surface area contributed by atoms with E-state index < -0.39 is 0 Å². The van der Waals surface area contributed by atoms with E-state index >= 15 is 0 Å². The normalized spacial score (nSPS) is 11.7. The molecule has 0 amide bonds. The summed E-state index contributed by atoms with van der Waals surface area (Å²) in [5.74, 6) is 1.35. The molecule has 27 heavy (non-hydrogen) atoms. The van der Waals surface area contributed by atoms with E-state index in [1.165, 1.54) is 0 Å². The molecule has 4 rings (SSSR count). The molecule has 0 fully saturated rings. The molecule has 7 heteroatoms. The Kier molecular flexibility index (Phi) is 4.68. The average molecular weight is 382 g/mol. The minimum atomic E-state index is -0.0664. The molecule has 2 heterocycles. The second-order valence-corrected chi connectivity index (χ2v) is 7.00. The van der Waals surface area contributed by atoms with E-state index in [9.17, 15) is 4.79 Å². The monoisotopic (exact) mass is 381 g/mol. The van der Waals surface area contributed by atoms with Crippen LogP contribution < -0.4 is 5.56 Å². The van der Waals surface area contributed by atoms with Crippen LogP contribution >= 0.6 is 11.6 Å². The summed E-state index contributed by atoms with van der Waals surface area (Å²) >= 11 is 6.11. The lowest BCUT2D eigenvalue weighted by Crippen LogP contribution is -2.25. The van der Waals surface area contributed by atoms with Crippen LogP contribution in [0.4, 0.5) is 0 Å². The van der Waals surface area contributed by atoms with Crippen LogP contribution in [0.1, 0.15) is 18.3 Å². The lowest BCUT2D eigenvalue weighted by atomic mass is 10.2. The summed E-state index contributed by atoms with van der Waals surface area (Å²) in [6.07, 6.45) is 0. The fraction of sp³-hybridized carbons (Fsp3) is 0.250. The van der Waals surface area contributed by atoms with Crippen LogP contribution in [0.2, 0.25) is 5.02 Å². The van der Waals surface area contributed by atoms with E-state index in [2.05, 4.69) is 28.1 Å². The number of benzene rings is 2. The molecule has 0 bridgehead atoms. The molecule has 0 saturated heterocycles. The van der Waals surface area contributed by atoms with Gasteiger partial charge < -0.3 is 0 Å². The Morgan fingerprint density at radius 2 is 1.89 bits per heavy atom. The van der Waals surface area contributed by atoms with Crippen molar-refractivity contribution in [3.8, 4) is 0 Å². The van der Waals surface area contributed by atoms with Crippen molar-refractivity contribution in [1.29, 1.82) is 0 Å². The van der Waals surface area contributed by atoms with Gasteiger partial charge in [0.1, 0.15) is 0 Å². The highest BCUT2D eigenvalue weighted by Gasteiger charge is 2.16. The van der Waals surface area contributed by atoms with E-state index in [0.717, 1.165) is 35.0 Å². The third kappa shape index (κ3) is 3.22. The predicted octanol–water partition coefficient (Wildman–Crippen LogP) is 3.26. The van der Waals surface area contributed by atoms with Gasteiger partial charge in [-0.3, -0.25) is 18.7 Å². The van der Waals surface area contributed by atoms with Gasteiger partial charge >= 0.3 is 0 Å². The lowest BCUT2D eigenvalue weighted by Gasteiger charge is -2.20. The minimum Gasteiger partial charge on any atom is -0.292 e. The maximum atomic E-state index is 12.6. The van der Waals surface area contributed by atoms with Crippen molar-refractivity contribution < 1.29 is 0 Å². The number of para-hydroxylation sites is 1. The zero-order chi connectivity index (χ0) is 19.0. The lowest BCUT2D eigenvalue weighted by molar-refractivity contribution is 0.264. The smallest absolute Gasteiger partial charge is 0.262 e. The Balaban J connectivity index is 1.76. The van der Waals surface area contributed by atoms with Gasteiger partial charge in [-0.25, -0.2) is 0 Å². The molecule has 6 nitrogen and oxygen atoms in total. The van der Waals surface area contributed by atoms with Crippen LogP contribution in [-0.2, 0) is 20.1 Å². The fourth-order valence-corrected chi connectivity index (χ4v) is 3.58. The number of hydrogen-bond donors (Lipinski definition) is 0. The van der Waals surface area contributed by atoms with Gasteiger partial charge in [0.05, 0.1) is 17.4 Å². The van der Waals surface area contributed by atoms with Crippen molar-refractivity contribution in [2.75, 3.05) is 6.54 Å². The number of rotatable bonds is 5. The first kappa shape index (κ1) is 17.7. The molecule has 0 aliphatic rings. The first-order valence-corrected chi connectivity index (χ1v) is 9.25. The number of fused-ring (bicyclic) bond motifs is 3. The van der Waals surface area contributed by atoms with E-state index in [1.807, 2.05) is 46.9 Å². The Labute approximate surface area is 161 Å². The van der Waals surface area contributed by atoms with Crippen LogP contribution in [0.3, 0.4) is 0 Å². The topological polar surface area (TPSA) is 55.4 Å². The summed E-state index contributed by atoms with van der Waals surface area (Å²) < 4.78 is 3.52. The molecule has 2 aromatic heterocycles. The van der Waals surface area contributed by atoms with Crippen LogP contribution in [0.5, 0.6) is 0 Å². The van der Waals surface area contributed by atoms with E-state index in [4.69, 9.17) is 11.6 Å². The zero-order valence-corrected chi connectivity index (χ0v) is 16.0. The molecule has 0 aliphatic heterocycles. The third-order valence-corrected chi connectivity index (χ3v) is 5.04. The largest absolute Gasteiger partial charge is 0.292 e. The van der Waals surface area contributed by atoms with Crippen LogP contribution in [0.15, 0.2) is 53.3 Å². The van der Waals surface area contributed by atoms with Gasteiger partial charge in [0.25, 0.3) is 5.56 Å². The summed E-state index contributed by atoms with van der Waals surface area (Å²) in [6.45, 7) is 4.34. The number of halogens is 1. The standard InChI is InChI=1S/C20H20ClN5O/c1-3-25(12-14-7-6-8-15(21)11-14)13-18-22-23-20-24(2)19(27)16-9-4-5-10-17(16)26(18)20/h4-11H,3,12-13H2,1-2H3. The maximum absolute atomic E-state index is 12.6. The Hall–Kier alpha value is -2.70. The highest BCUT2D eigenvalue weighted by molar-refractivity contribution is 6.30. The second-order valence-electron chi connectivity index (χ2n) is 6.57. The zero-order valence-electron chi connectivity index (χ0n) is 15.3.